The molecule has 1 aromatic rings. The Bertz CT molecular complexity index is 330. The van der Waals surface area contributed by atoms with E-state index in [1.165, 1.54) is 5.56 Å². The summed E-state index contributed by atoms with van der Waals surface area (Å²) < 4.78 is 5.20. The maximum Gasteiger partial charge on any atom is 0.0615 e. The number of hydrogen-bond donors (Lipinski definition) is 1. The number of rotatable bonds is 7. The Kier molecular flexibility index (Phi) is 6.11. The Labute approximate surface area is 104 Å². The Balaban J connectivity index is 2.66. The average Bonchev–Trinajstić information content (AvgIpc) is 2.36. The first-order valence-corrected chi connectivity index (χ1v) is 6.08. The summed E-state index contributed by atoms with van der Waals surface area (Å²) in [6.45, 7) is 7.51. The van der Waals surface area contributed by atoms with E-state index >= 15 is 0 Å². The van der Waals surface area contributed by atoms with Gasteiger partial charge in [-0.05, 0) is 31.2 Å². The maximum absolute atomic E-state index is 5.59. The minimum atomic E-state index is 0.416. The predicted octanol–water partition coefficient (Wildman–Crippen LogP) is 1.40. The summed E-state index contributed by atoms with van der Waals surface area (Å²) in [5, 5.41) is 0. The summed E-state index contributed by atoms with van der Waals surface area (Å²) in [4.78, 5) is 6.58. The van der Waals surface area contributed by atoms with E-state index in [0.717, 1.165) is 25.4 Å². The van der Waals surface area contributed by atoms with E-state index in [2.05, 4.69) is 29.8 Å². The van der Waals surface area contributed by atoms with E-state index in [9.17, 15) is 0 Å². The highest BCUT2D eigenvalue weighted by Gasteiger charge is 2.12. The highest BCUT2D eigenvalue weighted by molar-refractivity contribution is 5.16. The number of likely N-dealkylation sites (N-methyl/N-ethyl adjacent to an activating group) is 1. The second-order valence-corrected chi connectivity index (χ2v) is 4.23. The smallest absolute Gasteiger partial charge is 0.0615 e. The van der Waals surface area contributed by atoms with E-state index in [1.54, 1.807) is 7.11 Å². The Morgan fingerprint density at radius 2 is 2.29 bits per heavy atom. The Morgan fingerprint density at radius 3 is 2.88 bits per heavy atom. The molecule has 1 atom stereocenters. The van der Waals surface area contributed by atoms with Gasteiger partial charge in [0.15, 0.2) is 0 Å². The van der Waals surface area contributed by atoms with Crippen molar-refractivity contribution in [1.82, 2.24) is 9.88 Å². The molecule has 1 heterocycles. The molecule has 2 N–H and O–H groups in total. The van der Waals surface area contributed by atoms with Crippen LogP contribution in [0.5, 0.6) is 0 Å². The lowest BCUT2D eigenvalue weighted by atomic mass is 10.2. The molecule has 0 aliphatic rings. The van der Waals surface area contributed by atoms with Gasteiger partial charge in [0.05, 0.1) is 12.3 Å². The first-order valence-electron chi connectivity index (χ1n) is 6.08. The normalized spacial score (nSPS) is 13.0. The topological polar surface area (TPSA) is 51.4 Å². The third-order valence-corrected chi connectivity index (χ3v) is 2.91. The summed E-state index contributed by atoms with van der Waals surface area (Å²) in [5.41, 5.74) is 7.79. The van der Waals surface area contributed by atoms with Gasteiger partial charge >= 0.3 is 0 Å². The van der Waals surface area contributed by atoms with Crippen molar-refractivity contribution in [2.24, 2.45) is 5.73 Å². The van der Waals surface area contributed by atoms with Gasteiger partial charge in [0.25, 0.3) is 0 Å². The lowest BCUT2D eigenvalue weighted by molar-refractivity contribution is 0.0982. The molecule has 1 unspecified atom stereocenters. The third kappa shape index (κ3) is 4.42. The summed E-state index contributed by atoms with van der Waals surface area (Å²) in [7, 11) is 1.74. The molecular formula is C13H23N3O. The van der Waals surface area contributed by atoms with Crippen molar-refractivity contribution in [3.8, 4) is 0 Å². The number of ether oxygens (including phenoxy) is 1. The molecule has 17 heavy (non-hydrogen) atoms. The van der Waals surface area contributed by atoms with Crippen LogP contribution in [0.15, 0.2) is 18.3 Å². The van der Waals surface area contributed by atoms with Crippen molar-refractivity contribution in [2.75, 3.05) is 20.3 Å². The van der Waals surface area contributed by atoms with E-state index in [-0.39, 0.29) is 0 Å². The molecule has 0 aromatic carbocycles. The van der Waals surface area contributed by atoms with Gasteiger partial charge in [-0.3, -0.25) is 9.88 Å². The molecule has 0 spiro atoms. The molecule has 1 rings (SSSR count). The fourth-order valence-corrected chi connectivity index (χ4v) is 1.90. The zero-order valence-corrected chi connectivity index (χ0v) is 11.0. The fraction of sp³-hybridized carbons (Fsp3) is 0.615. The van der Waals surface area contributed by atoms with Gasteiger partial charge in [-0.2, -0.15) is 0 Å². The SMILES string of the molecule is CCN(Cc1ccnc(CN)c1)C(C)COC. The van der Waals surface area contributed by atoms with Crippen molar-refractivity contribution < 1.29 is 4.74 Å². The largest absolute Gasteiger partial charge is 0.383 e. The lowest BCUT2D eigenvalue weighted by Crippen LogP contribution is -2.35. The molecule has 96 valence electrons. The van der Waals surface area contributed by atoms with Crippen molar-refractivity contribution in [3.63, 3.8) is 0 Å². The van der Waals surface area contributed by atoms with Crippen LogP contribution < -0.4 is 5.73 Å². The molecule has 0 fully saturated rings. The van der Waals surface area contributed by atoms with Crippen molar-refractivity contribution in [2.45, 2.75) is 33.0 Å². The van der Waals surface area contributed by atoms with E-state index < -0.39 is 0 Å². The first-order chi connectivity index (χ1) is 8.21. The number of hydrogen-bond acceptors (Lipinski definition) is 4. The second-order valence-electron chi connectivity index (χ2n) is 4.23. The molecule has 0 radical (unpaired) electrons. The third-order valence-electron chi connectivity index (χ3n) is 2.91. The first kappa shape index (κ1) is 14.1. The van der Waals surface area contributed by atoms with Crippen LogP contribution in [0.3, 0.4) is 0 Å². The van der Waals surface area contributed by atoms with Crippen LogP contribution in [-0.4, -0.2) is 36.2 Å². The van der Waals surface area contributed by atoms with Gasteiger partial charge in [0.1, 0.15) is 0 Å². The Hall–Kier alpha value is -0.970. The summed E-state index contributed by atoms with van der Waals surface area (Å²) in [6, 6.07) is 4.53. The van der Waals surface area contributed by atoms with Crippen LogP contribution in [0.2, 0.25) is 0 Å². The number of pyridine rings is 1. The van der Waals surface area contributed by atoms with Gasteiger partial charge in [0.2, 0.25) is 0 Å². The minimum Gasteiger partial charge on any atom is -0.383 e. The van der Waals surface area contributed by atoms with E-state index in [0.29, 0.717) is 12.6 Å². The zero-order chi connectivity index (χ0) is 12.7. The summed E-state index contributed by atoms with van der Waals surface area (Å²) in [6.07, 6.45) is 1.83. The van der Waals surface area contributed by atoms with Crippen molar-refractivity contribution in [1.29, 1.82) is 0 Å². The van der Waals surface area contributed by atoms with Crippen LogP contribution >= 0.6 is 0 Å². The van der Waals surface area contributed by atoms with Crippen LogP contribution in [0.25, 0.3) is 0 Å². The summed E-state index contributed by atoms with van der Waals surface area (Å²) >= 11 is 0. The van der Waals surface area contributed by atoms with Crippen LogP contribution in [-0.2, 0) is 17.8 Å². The number of nitrogens with two attached hydrogens (primary N) is 1. The van der Waals surface area contributed by atoms with Gasteiger partial charge in [0, 0.05) is 32.4 Å². The highest BCUT2D eigenvalue weighted by atomic mass is 16.5. The standard InChI is InChI=1S/C13H23N3O/c1-4-16(11(2)10-17-3)9-12-5-6-15-13(7-12)8-14/h5-7,11H,4,8-10,14H2,1-3H3. The summed E-state index contributed by atoms with van der Waals surface area (Å²) in [5.74, 6) is 0. The lowest BCUT2D eigenvalue weighted by Gasteiger charge is -2.27. The van der Waals surface area contributed by atoms with Crippen molar-refractivity contribution >= 4 is 0 Å². The molecule has 0 saturated carbocycles. The molecule has 0 amide bonds. The number of nitrogens with zero attached hydrogens (tertiary/aromatic N) is 2. The molecule has 4 nitrogen and oxygen atoms in total. The van der Waals surface area contributed by atoms with Gasteiger partial charge < -0.3 is 10.5 Å². The average molecular weight is 237 g/mol. The van der Waals surface area contributed by atoms with Crippen LogP contribution in [0, 0.1) is 0 Å². The number of methoxy groups -OCH3 is 1. The molecular weight excluding hydrogens is 214 g/mol. The maximum atomic E-state index is 5.59. The van der Waals surface area contributed by atoms with Gasteiger partial charge in [-0.25, -0.2) is 0 Å². The van der Waals surface area contributed by atoms with Crippen molar-refractivity contribution in [3.05, 3.63) is 29.6 Å². The van der Waals surface area contributed by atoms with Crippen LogP contribution in [0.1, 0.15) is 25.1 Å². The minimum absolute atomic E-state index is 0.416. The quantitative estimate of drug-likeness (QED) is 0.779. The number of aromatic nitrogens is 1. The second kappa shape index (κ2) is 7.37. The molecule has 0 bridgehead atoms. The highest BCUT2D eigenvalue weighted by Crippen LogP contribution is 2.09. The zero-order valence-electron chi connectivity index (χ0n) is 11.0. The molecule has 0 aliphatic heterocycles. The molecule has 1 aromatic heterocycles. The fourth-order valence-electron chi connectivity index (χ4n) is 1.90. The van der Waals surface area contributed by atoms with Gasteiger partial charge in [-0.15, -0.1) is 0 Å². The molecule has 4 heteroatoms. The van der Waals surface area contributed by atoms with Gasteiger partial charge in [-0.1, -0.05) is 6.92 Å². The Morgan fingerprint density at radius 1 is 1.53 bits per heavy atom. The molecule has 0 saturated heterocycles. The van der Waals surface area contributed by atoms with E-state index in [1.807, 2.05) is 12.3 Å². The van der Waals surface area contributed by atoms with Crippen LogP contribution in [0.4, 0.5) is 0 Å². The molecule has 0 aliphatic carbocycles. The predicted molar refractivity (Wildman–Crippen MR) is 69.6 cm³/mol. The van der Waals surface area contributed by atoms with E-state index in [4.69, 9.17) is 10.5 Å². The monoisotopic (exact) mass is 237 g/mol.